The zero-order valence-corrected chi connectivity index (χ0v) is 12.4. The third kappa shape index (κ3) is 3.15. The molecule has 114 valence electrons. The fourth-order valence-corrected chi connectivity index (χ4v) is 2.19. The van der Waals surface area contributed by atoms with Gasteiger partial charge in [0, 0.05) is 25.5 Å². The summed E-state index contributed by atoms with van der Waals surface area (Å²) in [5, 5.41) is 11.9. The number of nitriles is 1. The van der Waals surface area contributed by atoms with E-state index in [1.54, 1.807) is 29.8 Å². The van der Waals surface area contributed by atoms with Crippen molar-refractivity contribution in [1.29, 1.82) is 5.26 Å². The van der Waals surface area contributed by atoms with E-state index in [2.05, 4.69) is 5.32 Å². The van der Waals surface area contributed by atoms with Crippen LogP contribution in [0, 0.1) is 24.1 Å². The minimum Gasteiger partial charge on any atom is -0.383 e. The van der Waals surface area contributed by atoms with E-state index in [0.717, 1.165) is 0 Å². The average molecular weight is 301 g/mol. The van der Waals surface area contributed by atoms with Crippen molar-refractivity contribution in [3.05, 3.63) is 53.1 Å². The number of rotatable bonds is 5. The van der Waals surface area contributed by atoms with E-state index in [4.69, 9.17) is 4.74 Å². The quantitative estimate of drug-likeness (QED) is 0.861. The highest BCUT2D eigenvalue weighted by Crippen LogP contribution is 2.21. The van der Waals surface area contributed by atoms with Gasteiger partial charge in [0.2, 0.25) is 0 Å². The van der Waals surface area contributed by atoms with Crippen LogP contribution in [0.3, 0.4) is 0 Å². The Balaban J connectivity index is 2.43. The number of hydrogen-bond acceptors (Lipinski definition) is 3. The average Bonchev–Trinajstić information content (AvgIpc) is 2.91. The zero-order valence-electron chi connectivity index (χ0n) is 12.4. The van der Waals surface area contributed by atoms with Gasteiger partial charge in [-0.15, -0.1) is 0 Å². The van der Waals surface area contributed by atoms with Crippen LogP contribution < -0.4 is 5.32 Å². The molecule has 2 rings (SSSR count). The Bertz CT molecular complexity index is 731. The molecule has 1 amide bonds. The summed E-state index contributed by atoms with van der Waals surface area (Å²) in [7, 11) is 1.54. The van der Waals surface area contributed by atoms with Gasteiger partial charge in [-0.3, -0.25) is 4.79 Å². The highest BCUT2D eigenvalue weighted by atomic mass is 19.1. The maximum atomic E-state index is 13.2. The molecule has 1 aromatic carbocycles. The molecule has 0 aliphatic rings. The fraction of sp³-hybridized carbons (Fsp3) is 0.250. The van der Waals surface area contributed by atoms with Crippen LogP contribution in [0.25, 0.3) is 5.69 Å². The molecule has 2 aromatic rings. The molecule has 0 saturated carbocycles. The van der Waals surface area contributed by atoms with E-state index in [-0.39, 0.29) is 23.0 Å². The molecule has 0 atom stereocenters. The summed E-state index contributed by atoms with van der Waals surface area (Å²) in [6.07, 6.45) is 1.63. The maximum absolute atomic E-state index is 13.2. The van der Waals surface area contributed by atoms with Gasteiger partial charge in [0.25, 0.3) is 5.91 Å². The van der Waals surface area contributed by atoms with Crippen LogP contribution in [-0.4, -0.2) is 30.7 Å². The van der Waals surface area contributed by atoms with Crippen molar-refractivity contribution >= 4 is 5.91 Å². The van der Waals surface area contributed by atoms with Crippen LogP contribution in [0.4, 0.5) is 4.39 Å². The van der Waals surface area contributed by atoms with Crippen molar-refractivity contribution < 1.29 is 13.9 Å². The lowest BCUT2D eigenvalue weighted by Gasteiger charge is -2.12. The van der Waals surface area contributed by atoms with Gasteiger partial charge >= 0.3 is 0 Å². The summed E-state index contributed by atoms with van der Waals surface area (Å²) in [6.45, 7) is 2.47. The lowest BCUT2D eigenvalue weighted by Crippen LogP contribution is -2.29. The van der Waals surface area contributed by atoms with E-state index in [1.807, 2.05) is 6.07 Å². The molecule has 0 bridgehead atoms. The van der Waals surface area contributed by atoms with E-state index in [1.165, 1.54) is 19.2 Å². The Morgan fingerprint density at radius 1 is 1.45 bits per heavy atom. The smallest absolute Gasteiger partial charge is 0.269 e. The van der Waals surface area contributed by atoms with Crippen molar-refractivity contribution in [2.24, 2.45) is 0 Å². The number of amides is 1. The molecule has 0 aliphatic heterocycles. The third-order valence-corrected chi connectivity index (χ3v) is 3.23. The summed E-state index contributed by atoms with van der Waals surface area (Å²) in [6, 6.07) is 7.85. The van der Waals surface area contributed by atoms with Crippen molar-refractivity contribution in [1.82, 2.24) is 9.88 Å². The molecule has 0 fully saturated rings. The number of nitrogens with one attached hydrogen (secondary N) is 1. The van der Waals surface area contributed by atoms with Gasteiger partial charge in [-0.05, 0) is 36.8 Å². The molecule has 22 heavy (non-hydrogen) atoms. The first-order chi connectivity index (χ1) is 10.6. The molecular formula is C16H16FN3O2. The van der Waals surface area contributed by atoms with E-state index in [9.17, 15) is 14.4 Å². The van der Waals surface area contributed by atoms with Crippen LogP contribution in [0.5, 0.6) is 0 Å². The van der Waals surface area contributed by atoms with Gasteiger partial charge in [0.15, 0.2) is 0 Å². The number of ether oxygens (including phenoxy) is 1. The number of methoxy groups -OCH3 is 1. The molecule has 5 nitrogen and oxygen atoms in total. The molecule has 1 aromatic heterocycles. The number of aryl methyl sites for hydroxylation is 1. The predicted octanol–water partition coefficient (Wildman–Crippen LogP) is 2.17. The van der Waals surface area contributed by atoms with Crippen LogP contribution in [0.2, 0.25) is 0 Å². The Hall–Kier alpha value is -2.65. The normalized spacial score (nSPS) is 10.3. The first-order valence-corrected chi connectivity index (χ1v) is 6.73. The fourth-order valence-electron chi connectivity index (χ4n) is 2.19. The molecular weight excluding hydrogens is 285 g/mol. The van der Waals surface area contributed by atoms with Gasteiger partial charge in [-0.2, -0.15) is 5.26 Å². The lowest BCUT2D eigenvalue weighted by molar-refractivity contribution is 0.0930. The van der Waals surface area contributed by atoms with Crippen LogP contribution in [0.1, 0.15) is 21.6 Å². The highest BCUT2D eigenvalue weighted by Gasteiger charge is 2.18. The number of carbonyl (C=O) groups excluding carboxylic acids is 1. The monoisotopic (exact) mass is 301 g/mol. The molecule has 6 heteroatoms. The third-order valence-electron chi connectivity index (χ3n) is 3.23. The molecule has 1 heterocycles. The van der Waals surface area contributed by atoms with Gasteiger partial charge in [0.05, 0.1) is 12.2 Å². The number of carbonyl (C=O) groups is 1. The van der Waals surface area contributed by atoms with Gasteiger partial charge in [-0.25, -0.2) is 4.39 Å². The summed E-state index contributed by atoms with van der Waals surface area (Å²) in [5.74, 6) is -0.720. The van der Waals surface area contributed by atoms with Crippen LogP contribution >= 0.6 is 0 Å². The first-order valence-electron chi connectivity index (χ1n) is 6.73. The predicted molar refractivity (Wildman–Crippen MR) is 79.4 cm³/mol. The summed E-state index contributed by atoms with van der Waals surface area (Å²) in [5.41, 5.74) is 1.82. The topological polar surface area (TPSA) is 67.0 Å². The van der Waals surface area contributed by atoms with Gasteiger partial charge in [0.1, 0.15) is 17.6 Å². The highest BCUT2D eigenvalue weighted by molar-refractivity contribution is 5.96. The Labute approximate surface area is 127 Å². The maximum Gasteiger partial charge on any atom is 0.269 e. The number of hydrogen-bond donors (Lipinski definition) is 1. The summed E-state index contributed by atoms with van der Waals surface area (Å²) >= 11 is 0. The number of nitrogens with zero attached hydrogens (tertiary/aromatic N) is 2. The largest absolute Gasteiger partial charge is 0.383 e. The van der Waals surface area contributed by atoms with Crippen molar-refractivity contribution in [3.63, 3.8) is 0 Å². The van der Waals surface area contributed by atoms with Crippen molar-refractivity contribution in [3.8, 4) is 11.8 Å². The van der Waals surface area contributed by atoms with Crippen LogP contribution in [-0.2, 0) is 4.74 Å². The summed E-state index contributed by atoms with van der Waals surface area (Å²) < 4.78 is 19.7. The van der Waals surface area contributed by atoms with Gasteiger partial charge < -0.3 is 14.6 Å². The minimum atomic E-state index is -0.373. The molecule has 0 aliphatic carbocycles. The van der Waals surface area contributed by atoms with Gasteiger partial charge in [-0.1, -0.05) is 0 Å². The number of benzene rings is 1. The molecule has 0 unspecified atom stereocenters. The minimum absolute atomic E-state index is 0.230. The lowest BCUT2D eigenvalue weighted by atomic mass is 10.2. The number of aromatic nitrogens is 1. The second-order valence-corrected chi connectivity index (χ2v) is 4.74. The SMILES string of the molecule is COCCNC(=O)c1c(C#N)ccn1-c1ccc(F)cc1C. The van der Waals surface area contributed by atoms with Crippen molar-refractivity contribution in [2.45, 2.75) is 6.92 Å². The standard InChI is InChI=1S/C16H16FN3O2/c1-11-9-13(17)3-4-14(11)20-7-5-12(10-18)15(20)16(21)19-6-8-22-2/h3-5,7,9H,6,8H2,1-2H3,(H,19,21). The molecule has 0 saturated heterocycles. The van der Waals surface area contributed by atoms with Crippen LogP contribution in [0.15, 0.2) is 30.5 Å². The van der Waals surface area contributed by atoms with E-state index in [0.29, 0.717) is 24.4 Å². The Morgan fingerprint density at radius 3 is 2.86 bits per heavy atom. The van der Waals surface area contributed by atoms with Crippen molar-refractivity contribution in [2.75, 3.05) is 20.3 Å². The Kier molecular flexibility index (Phi) is 4.92. The second kappa shape index (κ2) is 6.87. The number of halogens is 1. The first kappa shape index (κ1) is 15.7. The Morgan fingerprint density at radius 2 is 2.23 bits per heavy atom. The second-order valence-electron chi connectivity index (χ2n) is 4.74. The molecule has 1 N–H and O–H groups in total. The van der Waals surface area contributed by atoms with E-state index >= 15 is 0 Å². The summed E-state index contributed by atoms with van der Waals surface area (Å²) in [4.78, 5) is 12.3. The van der Waals surface area contributed by atoms with E-state index < -0.39 is 0 Å². The molecule has 0 spiro atoms. The molecule has 0 radical (unpaired) electrons. The zero-order chi connectivity index (χ0) is 16.1.